The molecule has 1 aliphatic carbocycles. The van der Waals surface area contributed by atoms with Gasteiger partial charge in [0.1, 0.15) is 0 Å². The van der Waals surface area contributed by atoms with Gasteiger partial charge in [0.25, 0.3) is 0 Å². The van der Waals surface area contributed by atoms with Gasteiger partial charge in [-0.05, 0) is 50.8 Å². The topological polar surface area (TPSA) is 37.0 Å². The highest BCUT2D eigenvalue weighted by atomic mass is 14.9. The van der Waals surface area contributed by atoms with E-state index in [0.717, 1.165) is 19.0 Å². The summed E-state index contributed by atoms with van der Waals surface area (Å²) >= 11 is 0. The predicted molar refractivity (Wildman–Crippen MR) is 70.6 cm³/mol. The summed E-state index contributed by atoms with van der Waals surface area (Å²) in [5.41, 5.74) is 4.19. The smallest absolute Gasteiger partial charge is 0.0490 e. The predicted octanol–water partition coefficient (Wildman–Crippen LogP) is 2.47. The molecule has 3 rings (SSSR count). The van der Waals surface area contributed by atoms with Crippen molar-refractivity contribution in [3.05, 3.63) is 23.5 Å². The van der Waals surface area contributed by atoms with Crippen molar-refractivity contribution in [2.24, 2.45) is 0 Å². The first-order chi connectivity index (χ1) is 8.40. The third kappa shape index (κ3) is 2.16. The molecule has 1 aromatic heterocycles. The normalized spacial score (nSPS) is 21.5. The highest BCUT2D eigenvalue weighted by molar-refractivity contribution is 5.56. The number of rotatable bonds is 3. The summed E-state index contributed by atoms with van der Waals surface area (Å²) in [5.74, 6) is 1.44. The Labute approximate surface area is 103 Å². The lowest BCUT2D eigenvalue weighted by Crippen LogP contribution is -2.27. The van der Waals surface area contributed by atoms with Crippen LogP contribution >= 0.6 is 0 Å². The summed E-state index contributed by atoms with van der Waals surface area (Å²) in [5, 5.41) is 6.77. The van der Waals surface area contributed by atoms with Gasteiger partial charge in [-0.25, -0.2) is 0 Å². The molecule has 0 atom stereocenters. The second-order valence-corrected chi connectivity index (χ2v) is 5.21. The van der Waals surface area contributed by atoms with Gasteiger partial charge >= 0.3 is 0 Å². The molecule has 2 heterocycles. The lowest BCUT2D eigenvalue weighted by Gasteiger charge is -2.25. The second-order valence-electron chi connectivity index (χ2n) is 5.21. The number of hydrogen-bond donors (Lipinski definition) is 2. The molecule has 3 nitrogen and oxygen atoms in total. The molecule has 1 aliphatic heterocycles. The minimum Gasteiger partial charge on any atom is -0.388 e. The molecule has 3 heteroatoms. The van der Waals surface area contributed by atoms with Crippen LogP contribution < -0.4 is 10.6 Å². The molecule has 0 bridgehead atoms. The molecule has 0 unspecified atom stereocenters. The van der Waals surface area contributed by atoms with Crippen molar-refractivity contribution in [1.29, 1.82) is 0 Å². The molecule has 1 aromatic rings. The van der Waals surface area contributed by atoms with Crippen molar-refractivity contribution in [1.82, 2.24) is 10.3 Å². The largest absolute Gasteiger partial charge is 0.388 e. The molecule has 2 N–H and O–H groups in total. The maximum absolute atomic E-state index is 4.70. The van der Waals surface area contributed by atoms with Crippen LogP contribution in [-0.2, 0) is 0 Å². The molecular weight excluding hydrogens is 210 g/mol. The quantitative estimate of drug-likeness (QED) is 0.839. The zero-order valence-corrected chi connectivity index (χ0v) is 10.5. The van der Waals surface area contributed by atoms with Crippen molar-refractivity contribution < 1.29 is 0 Å². The second kappa shape index (κ2) is 4.65. The van der Waals surface area contributed by atoms with E-state index in [2.05, 4.69) is 16.7 Å². The maximum Gasteiger partial charge on any atom is 0.0490 e. The highest BCUT2D eigenvalue weighted by Gasteiger charge is 2.31. The molecule has 92 valence electrons. The lowest BCUT2D eigenvalue weighted by molar-refractivity contribution is 0.451. The average Bonchev–Trinajstić information content (AvgIpc) is 3.23. The van der Waals surface area contributed by atoms with Crippen LogP contribution in [0.1, 0.15) is 48.8 Å². The van der Waals surface area contributed by atoms with E-state index in [0.29, 0.717) is 5.92 Å². The van der Waals surface area contributed by atoms with Crippen LogP contribution in [0.2, 0.25) is 0 Å². The number of nitrogens with one attached hydrogen (secondary N) is 2. The molecule has 1 saturated carbocycles. The maximum atomic E-state index is 4.70. The van der Waals surface area contributed by atoms with E-state index in [9.17, 15) is 0 Å². The van der Waals surface area contributed by atoms with Crippen molar-refractivity contribution in [3.8, 4) is 0 Å². The van der Waals surface area contributed by atoms with Crippen LogP contribution in [0.5, 0.6) is 0 Å². The van der Waals surface area contributed by atoms with Crippen LogP contribution in [-0.4, -0.2) is 25.1 Å². The summed E-state index contributed by atoms with van der Waals surface area (Å²) < 4.78 is 0. The number of piperidine rings is 1. The van der Waals surface area contributed by atoms with Crippen LogP contribution in [0.3, 0.4) is 0 Å². The number of anilines is 1. The summed E-state index contributed by atoms with van der Waals surface area (Å²) in [7, 11) is 2.02. The summed E-state index contributed by atoms with van der Waals surface area (Å²) in [4.78, 5) is 4.70. The average molecular weight is 231 g/mol. The van der Waals surface area contributed by atoms with Gasteiger partial charge in [-0.2, -0.15) is 0 Å². The van der Waals surface area contributed by atoms with Crippen LogP contribution in [0.25, 0.3) is 0 Å². The Morgan fingerprint density at radius 3 is 2.59 bits per heavy atom. The van der Waals surface area contributed by atoms with Crippen molar-refractivity contribution in [2.75, 3.05) is 25.5 Å². The van der Waals surface area contributed by atoms with Gasteiger partial charge in [0, 0.05) is 36.1 Å². The summed E-state index contributed by atoms with van der Waals surface area (Å²) in [6, 6.07) is 2.12. The molecule has 0 aromatic carbocycles. The van der Waals surface area contributed by atoms with E-state index in [-0.39, 0.29) is 0 Å². The summed E-state index contributed by atoms with van der Waals surface area (Å²) in [6.45, 7) is 2.28. The summed E-state index contributed by atoms with van der Waals surface area (Å²) in [6.07, 6.45) is 7.13. The molecule has 2 aliphatic rings. The van der Waals surface area contributed by atoms with E-state index in [1.54, 1.807) is 0 Å². The monoisotopic (exact) mass is 231 g/mol. The van der Waals surface area contributed by atoms with Gasteiger partial charge in [0.05, 0.1) is 0 Å². The Morgan fingerprint density at radius 2 is 1.94 bits per heavy atom. The first kappa shape index (κ1) is 11.0. The SMILES string of the molecule is CNc1ccnc(C2CCNCC2)c1C1CC1. The fourth-order valence-corrected chi connectivity index (χ4v) is 2.93. The van der Waals surface area contributed by atoms with Crippen LogP contribution in [0.4, 0.5) is 5.69 Å². The Hall–Kier alpha value is -1.09. The zero-order valence-electron chi connectivity index (χ0n) is 10.5. The van der Waals surface area contributed by atoms with Gasteiger partial charge in [-0.15, -0.1) is 0 Å². The van der Waals surface area contributed by atoms with Gasteiger partial charge in [0.15, 0.2) is 0 Å². The zero-order chi connectivity index (χ0) is 11.7. The Kier molecular flexibility index (Phi) is 3.02. The minimum atomic E-state index is 0.667. The van der Waals surface area contributed by atoms with E-state index in [1.165, 1.54) is 42.6 Å². The molecular formula is C14H21N3. The van der Waals surface area contributed by atoms with Gasteiger partial charge < -0.3 is 10.6 Å². The number of nitrogens with zero attached hydrogens (tertiary/aromatic N) is 1. The Morgan fingerprint density at radius 1 is 1.18 bits per heavy atom. The Balaban J connectivity index is 1.96. The fraction of sp³-hybridized carbons (Fsp3) is 0.643. The van der Waals surface area contributed by atoms with Crippen molar-refractivity contribution >= 4 is 5.69 Å². The van der Waals surface area contributed by atoms with E-state index < -0.39 is 0 Å². The molecule has 0 spiro atoms. The lowest BCUT2D eigenvalue weighted by atomic mass is 9.89. The molecule has 17 heavy (non-hydrogen) atoms. The first-order valence-corrected chi connectivity index (χ1v) is 6.77. The van der Waals surface area contributed by atoms with E-state index in [1.807, 2.05) is 13.2 Å². The number of pyridine rings is 1. The molecule has 1 saturated heterocycles. The van der Waals surface area contributed by atoms with Gasteiger partial charge in [-0.3, -0.25) is 4.98 Å². The van der Waals surface area contributed by atoms with Crippen molar-refractivity contribution in [2.45, 2.75) is 37.5 Å². The number of aromatic nitrogens is 1. The Bertz CT molecular complexity index is 392. The first-order valence-electron chi connectivity index (χ1n) is 6.77. The van der Waals surface area contributed by atoms with E-state index in [4.69, 9.17) is 4.98 Å². The van der Waals surface area contributed by atoms with Gasteiger partial charge in [-0.1, -0.05) is 0 Å². The minimum absolute atomic E-state index is 0.667. The van der Waals surface area contributed by atoms with E-state index >= 15 is 0 Å². The fourth-order valence-electron chi connectivity index (χ4n) is 2.93. The van der Waals surface area contributed by atoms with Gasteiger partial charge in [0.2, 0.25) is 0 Å². The molecule has 0 amide bonds. The number of hydrogen-bond acceptors (Lipinski definition) is 3. The third-order valence-electron chi connectivity index (χ3n) is 4.00. The molecule has 2 fully saturated rings. The standard InChI is InChI=1S/C14H21N3/c1-15-12-6-9-17-14(13(12)10-2-3-10)11-4-7-16-8-5-11/h6,9-11,16H,2-5,7-8H2,1H3,(H,15,17). The van der Waals surface area contributed by atoms with Crippen LogP contribution in [0, 0.1) is 0 Å². The van der Waals surface area contributed by atoms with Crippen molar-refractivity contribution in [3.63, 3.8) is 0 Å². The van der Waals surface area contributed by atoms with Crippen LogP contribution in [0.15, 0.2) is 12.3 Å². The molecule has 0 radical (unpaired) electrons. The highest BCUT2D eigenvalue weighted by Crippen LogP contribution is 2.46. The third-order valence-corrected chi connectivity index (χ3v) is 4.00.